The largest absolute Gasteiger partial charge is 0.327 e. The number of benzene rings is 1. The van der Waals surface area contributed by atoms with Crippen molar-refractivity contribution >= 4 is 17.4 Å². The molecule has 1 aromatic carbocycles. The lowest BCUT2D eigenvalue weighted by Crippen LogP contribution is -2.03. The Balaban J connectivity index is 2.57. The second kappa shape index (κ2) is 5.53. The molecule has 0 atom stereocenters. The molecular formula is C10H12N2O2S. The van der Waals surface area contributed by atoms with E-state index in [9.17, 15) is 10.1 Å². The van der Waals surface area contributed by atoms with E-state index in [1.165, 1.54) is 12.1 Å². The van der Waals surface area contributed by atoms with Crippen LogP contribution in [0.4, 0.5) is 5.69 Å². The maximum Gasteiger partial charge on any atom is 0.269 e. The third-order valence-electron chi connectivity index (χ3n) is 1.78. The molecule has 80 valence electrons. The molecule has 0 saturated carbocycles. The van der Waals surface area contributed by atoms with Crippen molar-refractivity contribution in [1.29, 1.82) is 0 Å². The second-order valence-electron chi connectivity index (χ2n) is 2.99. The molecule has 0 aliphatic heterocycles. The van der Waals surface area contributed by atoms with Crippen molar-refractivity contribution < 1.29 is 4.92 Å². The highest BCUT2D eigenvalue weighted by atomic mass is 32.2. The molecule has 0 aliphatic carbocycles. The quantitative estimate of drug-likeness (QED) is 0.360. The molecule has 0 aromatic heterocycles. The average Bonchev–Trinajstić information content (AvgIpc) is 2.26. The Bertz CT molecular complexity index is 362. The standard InChI is InChI=1S/C10H12N2O2S/c1-8(6-11)7-15-10-4-2-9(3-5-10)12(13)14/h2-5H,1,6-7,11H2. The number of hydrogen-bond acceptors (Lipinski definition) is 4. The molecule has 0 amide bonds. The summed E-state index contributed by atoms with van der Waals surface area (Å²) >= 11 is 1.57. The minimum atomic E-state index is -0.409. The van der Waals surface area contributed by atoms with E-state index < -0.39 is 4.92 Å². The van der Waals surface area contributed by atoms with E-state index in [0.29, 0.717) is 6.54 Å². The molecular weight excluding hydrogens is 212 g/mol. The molecule has 2 N–H and O–H groups in total. The van der Waals surface area contributed by atoms with Crippen LogP contribution in [0.15, 0.2) is 41.3 Å². The van der Waals surface area contributed by atoms with E-state index >= 15 is 0 Å². The first-order valence-corrected chi connectivity index (χ1v) is 5.36. The summed E-state index contributed by atoms with van der Waals surface area (Å²) < 4.78 is 0. The molecule has 0 fully saturated rings. The lowest BCUT2D eigenvalue weighted by molar-refractivity contribution is -0.384. The van der Waals surface area contributed by atoms with Crippen molar-refractivity contribution in [3.8, 4) is 0 Å². The number of rotatable bonds is 5. The summed E-state index contributed by atoms with van der Waals surface area (Å²) in [6.07, 6.45) is 0. The fraction of sp³-hybridized carbons (Fsp3) is 0.200. The number of hydrogen-bond donors (Lipinski definition) is 1. The van der Waals surface area contributed by atoms with E-state index in [0.717, 1.165) is 16.2 Å². The van der Waals surface area contributed by atoms with Gasteiger partial charge in [0.15, 0.2) is 0 Å². The highest BCUT2D eigenvalue weighted by molar-refractivity contribution is 7.99. The zero-order valence-electron chi connectivity index (χ0n) is 8.18. The summed E-state index contributed by atoms with van der Waals surface area (Å²) in [5.41, 5.74) is 6.46. The minimum Gasteiger partial charge on any atom is -0.327 e. The first-order valence-electron chi connectivity index (χ1n) is 4.37. The monoisotopic (exact) mass is 224 g/mol. The summed E-state index contributed by atoms with van der Waals surface area (Å²) in [6, 6.07) is 6.44. The third-order valence-corrected chi connectivity index (χ3v) is 2.94. The number of nitro benzene ring substituents is 1. The zero-order chi connectivity index (χ0) is 11.3. The molecule has 0 heterocycles. The molecule has 0 radical (unpaired) electrons. The maximum atomic E-state index is 10.4. The van der Waals surface area contributed by atoms with Crippen LogP contribution in [0, 0.1) is 10.1 Å². The summed E-state index contributed by atoms with van der Waals surface area (Å²) in [6.45, 7) is 4.25. The van der Waals surface area contributed by atoms with Gasteiger partial charge in [0.25, 0.3) is 5.69 Å². The van der Waals surface area contributed by atoms with Crippen molar-refractivity contribution in [2.75, 3.05) is 12.3 Å². The number of non-ortho nitro benzene ring substituents is 1. The Labute approximate surface area is 92.3 Å². The van der Waals surface area contributed by atoms with Gasteiger partial charge in [0, 0.05) is 29.3 Å². The van der Waals surface area contributed by atoms with E-state index in [1.54, 1.807) is 23.9 Å². The van der Waals surface area contributed by atoms with E-state index in [2.05, 4.69) is 6.58 Å². The van der Waals surface area contributed by atoms with E-state index in [1.807, 2.05) is 0 Å². The smallest absolute Gasteiger partial charge is 0.269 e. The summed E-state index contributed by atoms with van der Waals surface area (Å²) in [4.78, 5) is 11.0. The molecule has 0 unspecified atom stereocenters. The Hall–Kier alpha value is -1.33. The first kappa shape index (κ1) is 11.7. The first-order chi connectivity index (χ1) is 7.13. The summed E-state index contributed by atoms with van der Waals surface area (Å²) in [5.74, 6) is 0.744. The van der Waals surface area contributed by atoms with Gasteiger partial charge in [0.05, 0.1) is 4.92 Å². The van der Waals surface area contributed by atoms with Crippen molar-refractivity contribution in [3.63, 3.8) is 0 Å². The Morgan fingerprint density at radius 1 is 1.47 bits per heavy atom. The molecule has 0 spiro atoms. The van der Waals surface area contributed by atoms with Crippen LogP contribution in [-0.4, -0.2) is 17.2 Å². The number of thioether (sulfide) groups is 1. The Kier molecular flexibility index (Phi) is 4.33. The van der Waals surface area contributed by atoms with Gasteiger partial charge in [-0.2, -0.15) is 0 Å². The van der Waals surface area contributed by atoms with Gasteiger partial charge >= 0.3 is 0 Å². The van der Waals surface area contributed by atoms with Crippen LogP contribution >= 0.6 is 11.8 Å². The lowest BCUT2D eigenvalue weighted by Gasteiger charge is -2.02. The van der Waals surface area contributed by atoms with Gasteiger partial charge in [-0.3, -0.25) is 10.1 Å². The Morgan fingerprint density at radius 2 is 2.07 bits per heavy atom. The Morgan fingerprint density at radius 3 is 2.53 bits per heavy atom. The highest BCUT2D eigenvalue weighted by Gasteiger charge is 2.03. The second-order valence-corrected chi connectivity index (χ2v) is 4.04. The van der Waals surface area contributed by atoms with Gasteiger partial charge in [0.2, 0.25) is 0 Å². The molecule has 5 heteroatoms. The van der Waals surface area contributed by atoms with Crippen molar-refractivity contribution in [2.45, 2.75) is 4.90 Å². The van der Waals surface area contributed by atoms with Crippen LogP contribution in [0.2, 0.25) is 0 Å². The van der Waals surface area contributed by atoms with Gasteiger partial charge in [-0.15, -0.1) is 11.8 Å². The summed E-state index contributed by atoms with van der Waals surface area (Å²) in [7, 11) is 0. The SMILES string of the molecule is C=C(CN)CSc1ccc([N+](=O)[O-])cc1. The van der Waals surface area contributed by atoms with Crippen LogP contribution in [-0.2, 0) is 0 Å². The van der Waals surface area contributed by atoms with E-state index in [4.69, 9.17) is 5.73 Å². The van der Waals surface area contributed by atoms with Crippen LogP contribution in [0.3, 0.4) is 0 Å². The van der Waals surface area contributed by atoms with Gasteiger partial charge in [-0.25, -0.2) is 0 Å². The number of nitrogens with two attached hydrogens (primary N) is 1. The number of nitro groups is 1. The van der Waals surface area contributed by atoms with Crippen LogP contribution in [0.5, 0.6) is 0 Å². The van der Waals surface area contributed by atoms with Gasteiger partial charge in [0.1, 0.15) is 0 Å². The molecule has 4 nitrogen and oxygen atoms in total. The van der Waals surface area contributed by atoms with Crippen molar-refractivity contribution in [2.24, 2.45) is 5.73 Å². The maximum absolute atomic E-state index is 10.4. The van der Waals surface area contributed by atoms with E-state index in [-0.39, 0.29) is 5.69 Å². The molecule has 0 bridgehead atoms. The predicted molar refractivity (Wildman–Crippen MR) is 62.0 cm³/mol. The average molecular weight is 224 g/mol. The van der Waals surface area contributed by atoms with Crippen LogP contribution in [0.1, 0.15) is 0 Å². The fourth-order valence-electron chi connectivity index (χ4n) is 0.908. The predicted octanol–water partition coefficient (Wildman–Crippen LogP) is 2.20. The summed E-state index contributed by atoms with van der Waals surface area (Å²) in [5, 5.41) is 10.4. The normalized spacial score (nSPS) is 9.93. The van der Waals surface area contributed by atoms with Crippen LogP contribution < -0.4 is 5.73 Å². The van der Waals surface area contributed by atoms with Crippen molar-refractivity contribution in [3.05, 3.63) is 46.5 Å². The van der Waals surface area contributed by atoms with Crippen LogP contribution in [0.25, 0.3) is 0 Å². The van der Waals surface area contributed by atoms with Gasteiger partial charge in [-0.1, -0.05) is 12.2 Å². The fourth-order valence-corrected chi connectivity index (χ4v) is 1.73. The minimum absolute atomic E-state index is 0.108. The van der Waals surface area contributed by atoms with Crippen molar-refractivity contribution in [1.82, 2.24) is 0 Å². The number of nitrogens with zero attached hydrogens (tertiary/aromatic N) is 1. The molecule has 0 saturated heterocycles. The van der Waals surface area contributed by atoms with Gasteiger partial charge in [-0.05, 0) is 12.1 Å². The van der Waals surface area contributed by atoms with Gasteiger partial charge < -0.3 is 5.73 Å². The molecule has 1 rings (SSSR count). The molecule has 15 heavy (non-hydrogen) atoms. The molecule has 0 aliphatic rings. The highest BCUT2D eigenvalue weighted by Crippen LogP contribution is 2.22. The third kappa shape index (κ3) is 3.73. The molecule has 1 aromatic rings. The zero-order valence-corrected chi connectivity index (χ0v) is 9.00. The lowest BCUT2D eigenvalue weighted by atomic mass is 10.3. The topological polar surface area (TPSA) is 69.2 Å².